The normalized spacial score (nSPS) is 12.4. The molecule has 0 aliphatic heterocycles. The summed E-state index contributed by atoms with van der Waals surface area (Å²) >= 11 is 0. The zero-order chi connectivity index (χ0) is 26.5. The molecule has 0 saturated carbocycles. The van der Waals surface area contributed by atoms with E-state index < -0.39 is 23.5 Å². The first-order valence-electron chi connectivity index (χ1n) is 11.1. The maximum atomic E-state index is 12.7. The molecule has 188 valence electrons. The highest BCUT2D eigenvalue weighted by Crippen LogP contribution is 2.30. The molecule has 0 atom stereocenters. The van der Waals surface area contributed by atoms with Crippen molar-refractivity contribution in [3.05, 3.63) is 130 Å². The Morgan fingerprint density at radius 3 is 0.865 bits per heavy atom. The third kappa shape index (κ3) is 7.36. The molecule has 0 bridgehead atoms. The minimum Gasteiger partial charge on any atom is -0.457 e. The second kappa shape index (κ2) is 10.8. The number of hydrogen-bond acceptors (Lipinski definition) is 1. The van der Waals surface area contributed by atoms with Crippen LogP contribution in [0.3, 0.4) is 0 Å². The summed E-state index contributed by atoms with van der Waals surface area (Å²) in [5.41, 5.74) is 1.65. The molecule has 0 amide bonds. The molecular weight excluding hydrogens is 490 g/mol. The lowest BCUT2D eigenvalue weighted by molar-refractivity contribution is -0.138. The Labute approximate surface area is 210 Å². The Hall–Kier alpha value is -4.26. The Balaban J connectivity index is 1.33. The molecule has 4 rings (SSSR count). The van der Waals surface area contributed by atoms with E-state index in [4.69, 9.17) is 4.74 Å². The summed E-state index contributed by atoms with van der Waals surface area (Å²) in [4.78, 5) is 0. The summed E-state index contributed by atoms with van der Waals surface area (Å²) in [6.45, 7) is 0. The lowest BCUT2D eigenvalue weighted by Gasteiger charge is -2.07. The van der Waals surface area contributed by atoms with E-state index in [9.17, 15) is 26.3 Å². The predicted molar refractivity (Wildman–Crippen MR) is 134 cm³/mol. The third-order valence-corrected chi connectivity index (χ3v) is 5.41. The van der Waals surface area contributed by atoms with E-state index in [1.807, 2.05) is 24.3 Å². The average Bonchev–Trinajstić information content (AvgIpc) is 2.87. The molecule has 0 heterocycles. The predicted octanol–water partition coefficient (Wildman–Crippen LogP) is 9.86. The molecule has 0 aliphatic rings. The van der Waals surface area contributed by atoms with Gasteiger partial charge in [0.25, 0.3) is 0 Å². The second-order valence-corrected chi connectivity index (χ2v) is 8.15. The fourth-order valence-electron chi connectivity index (χ4n) is 3.38. The average molecular weight is 510 g/mol. The minimum atomic E-state index is -4.36. The van der Waals surface area contributed by atoms with Crippen LogP contribution in [0.4, 0.5) is 26.3 Å². The molecule has 4 aromatic rings. The third-order valence-electron chi connectivity index (χ3n) is 5.41. The van der Waals surface area contributed by atoms with Crippen LogP contribution in [0.5, 0.6) is 11.5 Å². The lowest BCUT2D eigenvalue weighted by Crippen LogP contribution is -2.03. The van der Waals surface area contributed by atoms with Gasteiger partial charge in [-0.2, -0.15) is 26.3 Å². The van der Waals surface area contributed by atoms with E-state index in [1.54, 1.807) is 48.6 Å². The highest BCUT2D eigenvalue weighted by molar-refractivity contribution is 5.71. The van der Waals surface area contributed by atoms with E-state index >= 15 is 0 Å². The molecule has 0 N–H and O–H groups in total. The van der Waals surface area contributed by atoms with Crippen molar-refractivity contribution in [2.24, 2.45) is 0 Å². The van der Waals surface area contributed by atoms with Crippen LogP contribution >= 0.6 is 0 Å². The molecule has 0 spiro atoms. The van der Waals surface area contributed by atoms with Crippen molar-refractivity contribution in [3.8, 4) is 11.5 Å². The van der Waals surface area contributed by atoms with Crippen LogP contribution in [-0.4, -0.2) is 0 Å². The Kier molecular flexibility index (Phi) is 7.53. The molecule has 7 heteroatoms. The van der Waals surface area contributed by atoms with Gasteiger partial charge in [0, 0.05) is 0 Å². The first-order chi connectivity index (χ1) is 17.6. The topological polar surface area (TPSA) is 9.23 Å². The summed E-state index contributed by atoms with van der Waals surface area (Å²) in [6.07, 6.45) is -1.66. The summed E-state index contributed by atoms with van der Waals surface area (Å²) in [5.74, 6) is 1.22. The quantitative estimate of drug-likeness (QED) is 0.185. The van der Waals surface area contributed by atoms with Gasteiger partial charge >= 0.3 is 12.4 Å². The van der Waals surface area contributed by atoms with Crippen LogP contribution in [0.15, 0.2) is 97.1 Å². The maximum Gasteiger partial charge on any atom is 0.416 e. The molecule has 37 heavy (non-hydrogen) atoms. The van der Waals surface area contributed by atoms with Crippen molar-refractivity contribution in [3.63, 3.8) is 0 Å². The summed E-state index contributed by atoms with van der Waals surface area (Å²) in [6, 6.07) is 24.3. The Morgan fingerprint density at radius 2 is 0.622 bits per heavy atom. The fraction of sp³-hybridized carbons (Fsp3) is 0.0667. The molecule has 1 nitrogen and oxygen atoms in total. The molecule has 0 radical (unpaired) electrons. The van der Waals surface area contributed by atoms with E-state index in [-0.39, 0.29) is 0 Å². The van der Waals surface area contributed by atoms with Gasteiger partial charge in [0.15, 0.2) is 0 Å². The first kappa shape index (κ1) is 25.8. The SMILES string of the molecule is FC(F)(F)c1ccc(C=Cc2ccc(Oc3ccc(C=Cc4ccc(C(F)(F)F)cc4)cc3)cc2)cc1. The van der Waals surface area contributed by atoms with Gasteiger partial charge in [-0.3, -0.25) is 0 Å². The first-order valence-corrected chi connectivity index (χ1v) is 11.1. The molecular formula is C30H20F6O. The smallest absolute Gasteiger partial charge is 0.416 e. The van der Waals surface area contributed by atoms with E-state index in [2.05, 4.69) is 0 Å². The Bertz CT molecular complexity index is 1250. The van der Waals surface area contributed by atoms with Gasteiger partial charge < -0.3 is 4.74 Å². The maximum absolute atomic E-state index is 12.7. The standard InChI is InChI=1S/C30H20F6O/c31-29(32,33)25-13-5-21(6-14-25)1-3-23-9-17-27(18-10-23)37-28-19-11-24(12-20-28)4-2-22-7-15-26(16-8-22)30(34,35)36/h1-20H. The van der Waals surface area contributed by atoms with Crippen molar-refractivity contribution in [2.75, 3.05) is 0 Å². The van der Waals surface area contributed by atoms with Crippen LogP contribution < -0.4 is 4.74 Å². The van der Waals surface area contributed by atoms with Crippen LogP contribution in [0.25, 0.3) is 24.3 Å². The number of ether oxygens (including phenoxy) is 1. The minimum absolute atomic E-state index is 0.611. The van der Waals surface area contributed by atoms with Gasteiger partial charge in [-0.1, -0.05) is 72.8 Å². The van der Waals surface area contributed by atoms with Gasteiger partial charge in [-0.05, 0) is 70.8 Å². The highest BCUT2D eigenvalue weighted by Gasteiger charge is 2.30. The van der Waals surface area contributed by atoms with Crippen LogP contribution in [-0.2, 0) is 12.4 Å². The zero-order valence-electron chi connectivity index (χ0n) is 19.2. The van der Waals surface area contributed by atoms with Crippen molar-refractivity contribution >= 4 is 24.3 Å². The van der Waals surface area contributed by atoms with E-state index in [0.717, 1.165) is 35.4 Å². The van der Waals surface area contributed by atoms with E-state index in [0.29, 0.717) is 22.6 Å². The highest BCUT2D eigenvalue weighted by atomic mass is 19.4. The van der Waals surface area contributed by atoms with Crippen molar-refractivity contribution < 1.29 is 31.1 Å². The largest absolute Gasteiger partial charge is 0.457 e. The van der Waals surface area contributed by atoms with Crippen LogP contribution in [0.2, 0.25) is 0 Å². The van der Waals surface area contributed by atoms with E-state index in [1.165, 1.54) is 24.3 Å². The van der Waals surface area contributed by atoms with Gasteiger partial charge in [0.1, 0.15) is 11.5 Å². The molecule has 0 fully saturated rings. The summed E-state index contributed by atoms with van der Waals surface area (Å²) < 4.78 is 81.8. The van der Waals surface area contributed by atoms with Gasteiger partial charge in [0.05, 0.1) is 11.1 Å². The summed E-state index contributed by atoms with van der Waals surface area (Å²) in [7, 11) is 0. The van der Waals surface area contributed by atoms with Gasteiger partial charge in [0.2, 0.25) is 0 Å². The lowest BCUT2D eigenvalue weighted by atomic mass is 10.1. The van der Waals surface area contributed by atoms with Crippen molar-refractivity contribution in [1.29, 1.82) is 0 Å². The number of rotatable bonds is 6. The molecule has 0 saturated heterocycles. The number of halogens is 6. The fourth-order valence-corrected chi connectivity index (χ4v) is 3.38. The Morgan fingerprint density at radius 1 is 0.378 bits per heavy atom. The molecule has 4 aromatic carbocycles. The number of hydrogen-bond donors (Lipinski definition) is 0. The van der Waals surface area contributed by atoms with Crippen LogP contribution in [0.1, 0.15) is 33.4 Å². The molecule has 0 unspecified atom stereocenters. The molecule has 0 aromatic heterocycles. The monoisotopic (exact) mass is 510 g/mol. The van der Waals surface area contributed by atoms with Gasteiger partial charge in [-0.15, -0.1) is 0 Å². The summed E-state index contributed by atoms with van der Waals surface area (Å²) in [5, 5.41) is 0. The van der Waals surface area contributed by atoms with Gasteiger partial charge in [-0.25, -0.2) is 0 Å². The van der Waals surface area contributed by atoms with Crippen LogP contribution in [0, 0.1) is 0 Å². The van der Waals surface area contributed by atoms with Crippen molar-refractivity contribution in [1.82, 2.24) is 0 Å². The molecule has 0 aliphatic carbocycles. The zero-order valence-corrected chi connectivity index (χ0v) is 19.2. The number of alkyl halides is 6. The second-order valence-electron chi connectivity index (χ2n) is 8.15. The number of benzene rings is 4. The van der Waals surface area contributed by atoms with Crippen molar-refractivity contribution in [2.45, 2.75) is 12.4 Å².